The molecule has 5 rings (SSSR count). The molecule has 1 heterocycles. The largest absolute Gasteiger partial charge is 0.483 e. The predicted molar refractivity (Wildman–Crippen MR) is 153 cm³/mol. The molecule has 17 heteroatoms. The number of carbonyl (C=O) groups excluding carboxylic acids is 2. The number of hydrogen-bond donors (Lipinski definition) is 3. The molecule has 1 amide bonds. The second-order valence-electron chi connectivity index (χ2n) is 9.44. The van der Waals surface area contributed by atoms with E-state index < -0.39 is 15.0 Å². The second kappa shape index (κ2) is 13.3. The van der Waals surface area contributed by atoms with E-state index in [0.29, 0.717) is 88.5 Å². The summed E-state index contributed by atoms with van der Waals surface area (Å²) >= 11 is 1.16. The molecule has 0 bridgehead atoms. The van der Waals surface area contributed by atoms with Crippen molar-refractivity contribution < 1.29 is 61.3 Å². The first kappa shape index (κ1) is 31.5. The molecule has 0 radical (unpaired) electrons. The lowest BCUT2D eigenvalue weighted by molar-refractivity contribution is -0.432. The van der Waals surface area contributed by atoms with Gasteiger partial charge in [-0.3, -0.25) is 14.1 Å². The van der Waals surface area contributed by atoms with Crippen LogP contribution in [0.15, 0.2) is 51.1 Å². The van der Waals surface area contributed by atoms with Gasteiger partial charge in [0.2, 0.25) is 0 Å². The number of piperidine rings is 1. The molecule has 0 atom stereocenters. The topological polar surface area (TPSA) is 188 Å². The minimum atomic E-state index is -4.72. The van der Waals surface area contributed by atoms with Crippen LogP contribution >= 0.6 is 24.1 Å². The van der Waals surface area contributed by atoms with E-state index in [1.165, 1.54) is 12.1 Å². The molecule has 3 N–H and O–H groups in total. The maximum Gasteiger partial charge on any atom is 0.309 e. The smallest absolute Gasteiger partial charge is 0.309 e. The van der Waals surface area contributed by atoms with Gasteiger partial charge < -0.3 is 14.4 Å². The third-order valence-electron chi connectivity index (χ3n) is 7.15. The monoisotopic (exact) mass is 655 g/mol. The van der Waals surface area contributed by atoms with Crippen LogP contribution in [-0.2, 0) is 43.2 Å². The second-order valence-corrected chi connectivity index (χ2v) is 12.3. The summed E-state index contributed by atoms with van der Waals surface area (Å²) in [4.78, 5) is 26.9. The van der Waals surface area contributed by atoms with E-state index in [1.54, 1.807) is 36.1 Å². The van der Waals surface area contributed by atoms with E-state index in [2.05, 4.69) is 18.7 Å². The van der Waals surface area contributed by atoms with E-state index in [-0.39, 0.29) is 40.4 Å². The molecule has 4 aromatic rings. The number of likely N-dealkylation sites (tertiary alicyclic amines) is 1. The molecule has 4 aromatic carbocycles. The summed E-state index contributed by atoms with van der Waals surface area (Å²) in [7, 11) is -4.72. The fraction of sp³-hybridized carbons (Fsp3) is 0.308. The third kappa shape index (κ3) is 6.46. The highest BCUT2D eigenvalue weighted by molar-refractivity contribution is 7.95. The van der Waals surface area contributed by atoms with Gasteiger partial charge in [-0.1, -0.05) is 28.3 Å². The van der Waals surface area contributed by atoms with Crippen LogP contribution in [-0.4, -0.2) is 66.6 Å². The Labute approximate surface area is 252 Å². The standard InChI is InChI=1S/C26H25NO13S3/c1-2-35-26(29)14-7-9-27(10-8-14)23(28)13-36-19-11-20(41-39-37-30)16-4-5-17-21(42-40-38-31)12-22(43(32,33)34)18-6-3-15(19)24(16)25(17)18/h3-6,11-12,14,30-31H,2,7-10,13H2,1H3,(H,32,33,34). The minimum Gasteiger partial charge on any atom is -0.483 e. The molecule has 0 aliphatic carbocycles. The normalized spacial score (nSPS) is 14.7. The Morgan fingerprint density at radius 3 is 2.05 bits per heavy atom. The van der Waals surface area contributed by atoms with Gasteiger partial charge >= 0.3 is 5.97 Å². The van der Waals surface area contributed by atoms with Gasteiger partial charge in [-0.15, -0.1) is 8.67 Å². The van der Waals surface area contributed by atoms with Gasteiger partial charge in [-0.25, -0.2) is 10.5 Å². The van der Waals surface area contributed by atoms with Crippen LogP contribution in [0.25, 0.3) is 32.3 Å². The highest BCUT2D eigenvalue weighted by Crippen LogP contribution is 2.47. The average molecular weight is 656 g/mol. The summed E-state index contributed by atoms with van der Waals surface area (Å²) in [5.41, 5.74) is 0. The van der Waals surface area contributed by atoms with E-state index in [0.717, 1.165) is 0 Å². The Morgan fingerprint density at radius 1 is 0.907 bits per heavy atom. The van der Waals surface area contributed by atoms with Gasteiger partial charge in [0, 0.05) is 39.5 Å². The number of esters is 1. The molecule has 230 valence electrons. The molecular weight excluding hydrogens is 630 g/mol. The van der Waals surface area contributed by atoms with Crippen molar-refractivity contribution in [3.8, 4) is 5.75 Å². The van der Waals surface area contributed by atoms with Gasteiger partial charge in [0.25, 0.3) is 16.0 Å². The number of hydrogen-bond acceptors (Lipinski definition) is 14. The first-order valence-electron chi connectivity index (χ1n) is 12.8. The Kier molecular flexibility index (Phi) is 9.76. The number of amides is 1. The van der Waals surface area contributed by atoms with Crippen LogP contribution in [0.1, 0.15) is 19.8 Å². The molecule has 14 nitrogen and oxygen atoms in total. The first-order valence-corrected chi connectivity index (χ1v) is 15.7. The summed E-state index contributed by atoms with van der Waals surface area (Å²) in [6, 6.07) is 9.22. The zero-order valence-electron chi connectivity index (χ0n) is 22.4. The SMILES string of the molecule is CCOC(=O)C1CCN(C(=O)COc2cc(SOOO)c3ccc4c(SOOO)cc(S(=O)(=O)O)c5ccc2c3c45)CC1. The lowest BCUT2D eigenvalue weighted by Gasteiger charge is -2.30. The Hall–Kier alpha value is -2.97. The number of benzene rings is 4. The molecule has 1 fully saturated rings. The van der Waals surface area contributed by atoms with Crippen molar-refractivity contribution in [2.45, 2.75) is 34.5 Å². The molecule has 0 unspecified atom stereocenters. The van der Waals surface area contributed by atoms with Crippen LogP contribution in [0.2, 0.25) is 0 Å². The van der Waals surface area contributed by atoms with E-state index in [9.17, 15) is 22.6 Å². The van der Waals surface area contributed by atoms with Crippen LogP contribution in [0.4, 0.5) is 0 Å². The van der Waals surface area contributed by atoms with Gasteiger partial charge in [0.05, 0.1) is 41.5 Å². The molecule has 0 spiro atoms. The summed E-state index contributed by atoms with van der Waals surface area (Å²) in [5, 5.41) is 27.5. The maximum atomic E-state index is 13.1. The predicted octanol–water partition coefficient (Wildman–Crippen LogP) is 4.87. The van der Waals surface area contributed by atoms with E-state index in [4.69, 9.17) is 20.0 Å². The van der Waals surface area contributed by atoms with Crippen molar-refractivity contribution in [3.63, 3.8) is 0 Å². The molecule has 1 aliphatic rings. The highest BCUT2D eigenvalue weighted by atomic mass is 32.2. The van der Waals surface area contributed by atoms with Crippen LogP contribution in [0.5, 0.6) is 5.75 Å². The van der Waals surface area contributed by atoms with E-state index >= 15 is 0 Å². The Bertz CT molecular complexity index is 1760. The summed E-state index contributed by atoms with van der Waals surface area (Å²) in [6.45, 7) is 2.43. The molecule has 0 aromatic heterocycles. The summed E-state index contributed by atoms with van der Waals surface area (Å²) in [6.07, 6.45) is 0.953. The van der Waals surface area contributed by atoms with Crippen molar-refractivity contribution in [1.29, 1.82) is 0 Å². The van der Waals surface area contributed by atoms with Crippen LogP contribution < -0.4 is 4.74 Å². The number of nitrogens with zero attached hydrogens (tertiary/aromatic N) is 1. The lowest BCUT2D eigenvalue weighted by Crippen LogP contribution is -2.42. The number of carbonyl (C=O) groups is 2. The molecule has 0 saturated carbocycles. The third-order valence-corrected chi connectivity index (χ3v) is 9.34. The Morgan fingerprint density at radius 2 is 1.47 bits per heavy atom. The fourth-order valence-electron chi connectivity index (χ4n) is 5.30. The molecular formula is C26H25NO13S3. The van der Waals surface area contributed by atoms with Crippen LogP contribution in [0, 0.1) is 5.92 Å². The van der Waals surface area contributed by atoms with Gasteiger partial charge in [0.15, 0.2) is 6.61 Å². The summed E-state index contributed by atoms with van der Waals surface area (Å²) in [5.74, 6) is -0.596. The molecule has 1 aliphatic heterocycles. The zero-order valence-corrected chi connectivity index (χ0v) is 24.8. The minimum absolute atomic E-state index is 0.179. The highest BCUT2D eigenvalue weighted by Gasteiger charge is 2.29. The zero-order chi connectivity index (χ0) is 30.7. The van der Waals surface area contributed by atoms with Gasteiger partial charge in [-0.2, -0.15) is 8.42 Å². The number of ether oxygens (including phenoxy) is 2. The van der Waals surface area contributed by atoms with E-state index in [1.807, 2.05) is 0 Å². The van der Waals surface area contributed by atoms with Crippen molar-refractivity contribution in [1.82, 2.24) is 4.90 Å². The molecule has 43 heavy (non-hydrogen) atoms. The summed E-state index contributed by atoms with van der Waals surface area (Å²) < 4.78 is 55.1. The maximum absolute atomic E-state index is 13.1. The Balaban J connectivity index is 1.55. The number of rotatable bonds is 12. The van der Waals surface area contributed by atoms with Gasteiger partial charge in [0.1, 0.15) is 10.6 Å². The van der Waals surface area contributed by atoms with Crippen molar-refractivity contribution >= 4 is 78.4 Å². The first-order chi connectivity index (χ1) is 20.7. The average Bonchev–Trinajstić information content (AvgIpc) is 3.00. The molecule has 1 saturated heterocycles. The lowest BCUT2D eigenvalue weighted by atomic mass is 9.93. The quantitative estimate of drug-likeness (QED) is 0.0468. The van der Waals surface area contributed by atoms with Crippen molar-refractivity contribution in [3.05, 3.63) is 36.4 Å². The fourth-order valence-corrected chi connectivity index (χ4v) is 7.13. The van der Waals surface area contributed by atoms with Crippen molar-refractivity contribution in [2.24, 2.45) is 5.92 Å². The van der Waals surface area contributed by atoms with Crippen LogP contribution in [0.3, 0.4) is 0 Å². The van der Waals surface area contributed by atoms with Crippen molar-refractivity contribution in [2.75, 3.05) is 26.3 Å². The van der Waals surface area contributed by atoms with Gasteiger partial charge in [-0.05, 0) is 48.7 Å².